The first kappa shape index (κ1) is 12.0. The molecule has 1 N–H and O–H groups in total. The number of amides is 1. The van der Waals surface area contributed by atoms with Gasteiger partial charge in [-0.3, -0.25) is 0 Å². The van der Waals surface area contributed by atoms with Gasteiger partial charge in [0.25, 0.3) is 0 Å². The molecule has 0 fully saturated rings. The molecule has 3 nitrogen and oxygen atoms in total. The molecule has 0 aliphatic rings. The van der Waals surface area contributed by atoms with Crippen molar-refractivity contribution in [2.24, 2.45) is 0 Å². The van der Waals surface area contributed by atoms with E-state index in [1.165, 1.54) is 31.2 Å². The monoisotopic (exact) mass is 209 g/mol. The molecule has 0 aliphatic carbocycles. The molecule has 0 atom stereocenters. The normalized spacial score (nSPS) is 9.83. The highest BCUT2D eigenvalue weighted by molar-refractivity contribution is 8.06. The first-order valence-electron chi connectivity index (χ1n) is 4.03. The molecule has 5 heteroatoms. The Morgan fingerprint density at radius 3 is 2.67 bits per heavy atom. The molecule has 0 unspecified atom stereocenters. The molecule has 12 heavy (non-hydrogen) atoms. The van der Waals surface area contributed by atoms with Gasteiger partial charge in [-0.25, -0.2) is 4.79 Å². The van der Waals surface area contributed by atoms with Crippen molar-refractivity contribution in [3.05, 3.63) is 0 Å². The third kappa shape index (κ3) is 6.67. The van der Waals surface area contributed by atoms with Gasteiger partial charge < -0.3 is 5.11 Å². The lowest BCUT2D eigenvalue weighted by Crippen LogP contribution is -2.11. The average Bonchev–Trinajstić information content (AvgIpc) is 2.03. The van der Waals surface area contributed by atoms with E-state index in [0.29, 0.717) is 0 Å². The quantitative estimate of drug-likeness (QED) is 0.401. The average molecular weight is 209 g/mol. The molecule has 0 aromatic carbocycles. The molecular formula is C7H15NO2S2. The van der Waals surface area contributed by atoms with Crippen LogP contribution in [0, 0.1) is 0 Å². The molecule has 0 bridgehead atoms. The minimum Gasteiger partial charge on any atom is -0.464 e. The second-order valence-electron chi connectivity index (χ2n) is 2.45. The number of rotatable bonds is 6. The van der Waals surface area contributed by atoms with Gasteiger partial charge in [0, 0.05) is 5.75 Å². The van der Waals surface area contributed by atoms with Gasteiger partial charge in [0.1, 0.15) is 0 Å². The zero-order chi connectivity index (χ0) is 9.40. The number of carbonyl (C=O) groups is 1. The number of hydrogen-bond acceptors (Lipinski definition) is 3. The van der Waals surface area contributed by atoms with Crippen molar-refractivity contribution in [2.45, 2.75) is 32.6 Å². The molecule has 0 spiro atoms. The number of unbranched alkanes of at least 4 members (excludes halogenated alkanes) is 3. The minimum absolute atomic E-state index is 0.829. The van der Waals surface area contributed by atoms with E-state index in [-0.39, 0.29) is 0 Å². The zero-order valence-electron chi connectivity index (χ0n) is 7.19. The van der Waals surface area contributed by atoms with Crippen molar-refractivity contribution < 1.29 is 9.90 Å². The maximum absolute atomic E-state index is 10.2. The first-order valence-corrected chi connectivity index (χ1v) is 5.37. The van der Waals surface area contributed by atoms with Crippen LogP contribution in [0.3, 0.4) is 0 Å². The van der Waals surface area contributed by atoms with E-state index in [1.54, 1.807) is 0 Å². The van der Waals surface area contributed by atoms with Crippen LogP contribution in [0.25, 0.3) is 0 Å². The lowest BCUT2D eigenvalue weighted by Gasteiger charge is -2.08. The fraction of sp³-hybridized carbons (Fsp3) is 0.857. The van der Waals surface area contributed by atoms with Crippen LogP contribution in [0.5, 0.6) is 0 Å². The Hall–Kier alpha value is -0.0300. The van der Waals surface area contributed by atoms with Crippen LogP contribution in [0.1, 0.15) is 32.6 Å². The highest BCUT2D eigenvalue weighted by atomic mass is 32.2. The van der Waals surface area contributed by atoms with Crippen LogP contribution in [0.4, 0.5) is 4.79 Å². The van der Waals surface area contributed by atoms with Gasteiger partial charge in [-0.1, -0.05) is 26.2 Å². The molecule has 0 aliphatic heterocycles. The van der Waals surface area contributed by atoms with Gasteiger partial charge in [0.15, 0.2) is 0 Å². The number of thiol groups is 1. The van der Waals surface area contributed by atoms with Crippen LogP contribution in [-0.4, -0.2) is 20.7 Å². The van der Waals surface area contributed by atoms with Gasteiger partial charge in [-0.15, -0.1) is 0 Å². The van der Waals surface area contributed by atoms with Crippen LogP contribution < -0.4 is 0 Å². The van der Waals surface area contributed by atoms with E-state index in [0.717, 1.165) is 15.9 Å². The summed E-state index contributed by atoms with van der Waals surface area (Å²) in [6.45, 7) is 2.15. The highest BCUT2D eigenvalue weighted by Gasteiger charge is 2.05. The second kappa shape index (κ2) is 7.61. The Balaban J connectivity index is 3.14. The van der Waals surface area contributed by atoms with Crippen LogP contribution >= 0.6 is 24.8 Å². The van der Waals surface area contributed by atoms with Crippen molar-refractivity contribution in [3.63, 3.8) is 0 Å². The summed E-state index contributed by atoms with van der Waals surface area (Å²) in [6, 6.07) is 0. The Labute approximate surface area is 83.2 Å². The summed E-state index contributed by atoms with van der Waals surface area (Å²) in [7, 11) is 0. The standard InChI is InChI=1S/C7H15NO2S2/c1-2-3-4-5-6-12-8(11)7(9)10/h11H,2-6H2,1H3,(H,9,10). The van der Waals surface area contributed by atoms with E-state index in [1.807, 2.05) is 0 Å². The largest absolute Gasteiger partial charge is 0.464 e. The van der Waals surface area contributed by atoms with Gasteiger partial charge in [-0.05, 0) is 31.2 Å². The van der Waals surface area contributed by atoms with Gasteiger partial charge in [0.2, 0.25) is 0 Å². The number of hydrogen-bond donors (Lipinski definition) is 2. The number of carboxylic acid groups (broad SMARTS) is 1. The van der Waals surface area contributed by atoms with Crippen molar-refractivity contribution >= 4 is 30.9 Å². The van der Waals surface area contributed by atoms with E-state index < -0.39 is 6.09 Å². The molecule has 72 valence electrons. The molecular weight excluding hydrogens is 194 g/mol. The van der Waals surface area contributed by atoms with Crippen LogP contribution in [0.15, 0.2) is 0 Å². The SMILES string of the molecule is CCCCCCSN(S)C(=O)O. The summed E-state index contributed by atoms with van der Waals surface area (Å²) in [6.07, 6.45) is 3.65. The topological polar surface area (TPSA) is 40.5 Å². The van der Waals surface area contributed by atoms with Crippen molar-refractivity contribution in [1.29, 1.82) is 0 Å². The molecule has 0 saturated carbocycles. The van der Waals surface area contributed by atoms with Crippen LogP contribution in [-0.2, 0) is 0 Å². The summed E-state index contributed by atoms with van der Waals surface area (Å²) in [5, 5.41) is 8.41. The maximum atomic E-state index is 10.2. The predicted molar refractivity (Wildman–Crippen MR) is 55.4 cm³/mol. The molecule has 1 amide bonds. The first-order chi connectivity index (χ1) is 5.68. The molecule has 0 radical (unpaired) electrons. The Kier molecular flexibility index (Phi) is 7.59. The fourth-order valence-corrected chi connectivity index (χ4v) is 1.60. The summed E-state index contributed by atoms with van der Waals surface area (Å²) in [4.78, 5) is 10.2. The van der Waals surface area contributed by atoms with Crippen molar-refractivity contribution in [1.82, 2.24) is 3.71 Å². The zero-order valence-corrected chi connectivity index (χ0v) is 8.90. The number of nitrogens with zero attached hydrogens (tertiary/aromatic N) is 1. The van der Waals surface area contributed by atoms with E-state index in [9.17, 15) is 4.79 Å². The molecule has 0 heterocycles. The lowest BCUT2D eigenvalue weighted by molar-refractivity contribution is 0.191. The minimum atomic E-state index is -1.00. The third-order valence-corrected chi connectivity index (χ3v) is 2.76. The Bertz CT molecular complexity index is 133. The molecule has 0 aromatic heterocycles. The highest BCUT2D eigenvalue weighted by Crippen LogP contribution is 2.15. The van der Waals surface area contributed by atoms with E-state index in [2.05, 4.69) is 19.7 Å². The van der Waals surface area contributed by atoms with Gasteiger partial charge in [0.05, 0.1) is 0 Å². The molecule has 0 rings (SSSR count). The van der Waals surface area contributed by atoms with Gasteiger partial charge >= 0.3 is 6.09 Å². The Morgan fingerprint density at radius 2 is 2.17 bits per heavy atom. The summed E-state index contributed by atoms with van der Waals surface area (Å²) in [5.74, 6) is 0.829. The second-order valence-corrected chi connectivity index (χ2v) is 4.15. The summed E-state index contributed by atoms with van der Waals surface area (Å²) in [5.41, 5.74) is 0. The maximum Gasteiger partial charge on any atom is 0.427 e. The molecule has 0 aromatic rings. The van der Waals surface area contributed by atoms with Crippen LogP contribution in [0.2, 0.25) is 0 Å². The fourth-order valence-electron chi connectivity index (χ4n) is 0.735. The van der Waals surface area contributed by atoms with E-state index >= 15 is 0 Å². The van der Waals surface area contributed by atoms with E-state index in [4.69, 9.17) is 5.11 Å². The summed E-state index contributed by atoms with van der Waals surface area (Å²) < 4.78 is 0.950. The predicted octanol–water partition coefficient (Wildman–Crippen LogP) is 3.04. The Morgan fingerprint density at radius 1 is 1.50 bits per heavy atom. The van der Waals surface area contributed by atoms with Crippen molar-refractivity contribution in [3.8, 4) is 0 Å². The van der Waals surface area contributed by atoms with Gasteiger partial charge in [-0.2, -0.15) is 3.71 Å². The molecule has 0 saturated heterocycles. The lowest BCUT2D eigenvalue weighted by atomic mass is 10.2. The van der Waals surface area contributed by atoms with Crippen molar-refractivity contribution in [2.75, 3.05) is 5.75 Å². The summed E-state index contributed by atoms with van der Waals surface area (Å²) >= 11 is 4.98. The smallest absolute Gasteiger partial charge is 0.427 e. The third-order valence-electron chi connectivity index (χ3n) is 1.38.